The van der Waals surface area contributed by atoms with E-state index in [1.807, 2.05) is 0 Å². The number of fused-ring (bicyclic) bond motifs is 1. The lowest BCUT2D eigenvalue weighted by atomic mass is 10.3. The van der Waals surface area contributed by atoms with Gasteiger partial charge in [-0.25, -0.2) is 4.98 Å². The first-order valence-electron chi connectivity index (χ1n) is 6.46. The zero-order chi connectivity index (χ0) is 13.7. The quantitative estimate of drug-likeness (QED) is 0.560. The first-order valence-corrected chi connectivity index (χ1v) is 7.78. The topological polar surface area (TPSA) is 27.1 Å². The van der Waals surface area contributed by atoms with Crippen molar-refractivity contribution in [2.45, 2.75) is 25.8 Å². The molecule has 104 valence electrons. The highest BCUT2D eigenvalue weighted by Gasteiger charge is 2.10. The summed E-state index contributed by atoms with van der Waals surface area (Å²) in [4.78, 5) is 4.68. The van der Waals surface area contributed by atoms with E-state index in [2.05, 4.69) is 43.7 Å². The Labute approximate surface area is 127 Å². The minimum Gasteiger partial charge on any atom is -0.385 e. The Kier molecular flexibility index (Phi) is 5.67. The number of imidazole rings is 1. The molecule has 1 aromatic heterocycles. The van der Waals surface area contributed by atoms with Crippen LogP contribution in [0.1, 0.15) is 18.7 Å². The van der Waals surface area contributed by atoms with Crippen LogP contribution in [0.3, 0.4) is 0 Å². The summed E-state index contributed by atoms with van der Waals surface area (Å²) in [5.74, 6) is 1.67. The largest absolute Gasteiger partial charge is 0.385 e. The number of nitrogens with zero attached hydrogens (tertiary/aromatic N) is 2. The van der Waals surface area contributed by atoms with Crippen molar-refractivity contribution in [1.29, 1.82) is 0 Å². The number of ether oxygens (including phenoxy) is 1. The number of unbranched alkanes of at least 4 members (excludes halogenated alkanes) is 1. The molecule has 0 aliphatic carbocycles. The minimum atomic E-state index is 0.600. The summed E-state index contributed by atoms with van der Waals surface area (Å²) in [5.41, 5.74) is 2.21. The Morgan fingerprint density at radius 3 is 2.95 bits per heavy atom. The molecular weight excluding hydrogens is 328 g/mol. The van der Waals surface area contributed by atoms with Crippen LogP contribution in [0.15, 0.2) is 22.7 Å². The zero-order valence-electron chi connectivity index (χ0n) is 11.0. The number of benzene rings is 1. The van der Waals surface area contributed by atoms with E-state index in [4.69, 9.17) is 16.3 Å². The normalized spacial score (nSPS) is 11.3. The van der Waals surface area contributed by atoms with Gasteiger partial charge in [0.1, 0.15) is 5.82 Å². The molecule has 0 atom stereocenters. The van der Waals surface area contributed by atoms with Gasteiger partial charge in [-0.05, 0) is 31.0 Å². The van der Waals surface area contributed by atoms with Crippen molar-refractivity contribution < 1.29 is 4.74 Å². The van der Waals surface area contributed by atoms with E-state index >= 15 is 0 Å². The third-order valence-electron chi connectivity index (χ3n) is 3.09. The summed E-state index contributed by atoms with van der Waals surface area (Å²) >= 11 is 9.35. The van der Waals surface area contributed by atoms with Gasteiger partial charge in [0.2, 0.25) is 0 Å². The van der Waals surface area contributed by atoms with Gasteiger partial charge < -0.3 is 9.30 Å². The molecule has 0 saturated carbocycles. The molecule has 2 aromatic rings. The van der Waals surface area contributed by atoms with E-state index in [1.165, 1.54) is 5.52 Å². The van der Waals surface area contributed by atoms with Crippen molar-refractivity contribution in [2.24, 2.45) is 0 Å². The number of halogens is 2. The smallest absolute Gasteiger partial charge is 0.111 e. The van der Waals surface area contributed by atoms with Crippen LogP contribution in [0.5, 0.6) is 0 Å². The third-order valence-corrected chi connectivity index (χ3v) is 3.77. The number of aromatic nitrogens is 2. The Morgan fingerprint density at radius 2 is 2.21 bits per heavy atom. The first kappa shape index (κ1) is 14.8. The van der Waals surface area contributed by atoms with E-state index in [1.54, 1.807) is 7.11 Å². The summed E-state index contributed by atoms with van der Waals surface area (Å²) < 4.78 is 8.42. The first-order chi connectivity index (χ1) is 9.26. The summed E-state index contributed by atoms with van der Waals surface area (Å²) in [7, 11) is 1.74. The van der Waals surface area contributed by atoms with Gasteiger partial charge in [0, 0.05) is 37.0 Å². The van der Waals surface area contributed by atoms with Gasteiger partial charge in [0.05, 0.1) is 11.0 Å². The molecule has 0 radical (unpaired) electrons. The summed E-state index contributed by atoms with van der Waals surface area (Å²) in [5, 5.41) is 0. The molecule has 1 heterocycles. The van der Waals surface area contributed by atoms with E-state index in [-0.39, 0.29) is 0 Å². The van der Waals surface area contributed by atoms with Gasteiger partial charge in [-0.1, -0.05) is 15.9 Å². The van der Waals surface area contributed by atoms with Crippen molar-refractivity contribution >= 4 is 38.6 Å². The number of methoxy groups -OCH3 is 1. The highest BCUT2D eigenvalue weighted by Crippen LogP contribution is 2.22. The average molecular weight is 346 g/mol. The van der Waals surface area contributed by atoms with Crippen LogP contribution in [-0.2, 0) is 17.7 Å². The number of hydrogen-bond acceptors (Lipinski definition) is 2. The Bertz CT molecular complexity index is 541. The number of hydrogen-bond donors (Lipinski definition) is 0. The molecule has 0 saturated heterocycles. The average Bonchev–Trinajstić information content (AvgIpc) is 2.72. The minimum absolute atomic E-state index is 0.600. The molecule has 0 bridgehead atoms. The lowest BCUT2D eigenvalue weighted by Gasteiger charge is -2.08. The van der Waals surface area contributed by atoms with Crippen molar-refractivity contribution in [2.75, 3.05) is 19.6 Å². The Balaban J connectivity index is 2.24. The summed E-state index contributed by atoms with van der Waals surface area (Å²) in [6.45, 7) is 1.77. The van der Waals surface area contributed by atoms with E-state index in [9.17, 15) is 0 Å². The van der Waals surface area contributed by atoms with Crippen LogP contribution in [0.25, 0.3) is 11.0 Å². The number of rotatable bonds is 7. The fraction of sp³-hybridized carbons (Fsp3) is 0.500. The second-order valence-corrected chi connectivity index (χ2v) is 5.75. The van der Waals surface area contributed by atoms with Crippen LogP contribution in [0.2, 0.25) is 0 Å². The SMILES string of the molecule is COCCCCn1c(CCCl)nc2cc(Br)ccc21. The fourth-order valence-electron chi connectivity index (χ4n) is 2.19. The highest BCUT2D eigenvalue weighted by atomic mass is 79.9. The monoisotopic (exact) mass is 344 g/mol. The highest BCUT2D eigenvalue weighted by molar-refractivity contribution is 9.10. The Hall–Kier alpha value is -0.580. The van der Waals surface area contributed by atoms with Crippen LogP contribution >= 0.6 is 27.5 Å². The van der Waals surface area contributed by atoms with Gasteiger partial charge in [0.15, 0.2) is 0 Å². The number of aryl methyl sites for hydroxylation is 2. The second-order valence-electron chi connectivity index (χ2n) is 4.45. The van der Waals surface area contributed by atoms with Crippen LogP contribution in [0, 0.1) is 0 Å². The maximum atomic E-state index is 5.87. The molecule has 3 nitrogen and oxygen atoms in total. The van der Waals surface area contributed by atoms with Crippen molar-refractivity contribution in [3.63, 3.8) is 0 Å². The van der Waals surface area contributed by atoms with Gasteiger partial charge in [-0.15, -0.1) is 11.6 Å². The molecule has 0 aliphatic rings. The van der Waals surface area contributed by atoms with Crippen LogP contribution in [0.4, 0.5) is 0 Å². The zero-order valence-corrected chi connectivity index (χ0v) is 13.4. The maximum Gasteiger partial charge on any atom is 0.111 e. The van der Waals surface area contributed by atoms with Crippen molar-refractivity contribution in [3.8, 4) is 0 Å². The maximum absolute atomic E-state index is 5.87. The lowest BCUT2D eigenvalue weighted by molar-refractivity contribution is 0.191. The van der Waals surface area contributed by atoms with Crippen molar-refractivity contribution in [1.82, 2.24) is 9.55 Å². The van der Waals surface area contributed by atoms with Crippen molar-refractivity contribution in [3.05, 3.63) is 28.5 Å². The Morgan fingerprint density at radius 1 is 1.37 bits per heavy atom. The fourth-order valence-corrected chi connectivity index (χ4v) is 2.71. The van der Waals surface area contributed by atoms with E-state index in [0.717, 1.165) is 48.2 Å². The van der Waals surface area contributed by atoms with E-state index in [0.29, 0.717) is 5.88 Å². The molecule has 0 fully saturated rings. The van der Waals surface area contributed by atoms with Gasteiger partial charge in [0.25, 0.3) is 0 Å². The number of alkyl halides is 1. The lowest BCUT2D eigenvalue weighted by Crippen LogP contribution is -2.05. The predicted octanol–water partition coefficient (Wildman–Crippen LogP) is 4.01. The molecule has 0 N–H and O–H groups in total. The molecule has 0 amide bonds. The van der Waals surface area contributed by atoms with E-state index < -0.39 is 0 Å². The van der Waals surface area contributed by atoms with Gasteiger partial charge >= 0.3 is 0 Å². The second kappa shape index (κ2) is 7.27. The molecule has 19 heavy (non-hydrogen) atoms. The molecule has 1 aromatic carbocycles. The summed E-state index contributed by atoms with van der Waals surface area (Å²) in [6, 6.07) is 6.22. The third kappa shape index (κ3) is 3.71. The van der Waals surface area contributed by atoms with Crippen LogP contribution < -0.4 is 0 Å². The van der Waals surface area contributed by atoms with Crippen LogP contribution in [-0.4, -0.2) is 29.1 Å². The molecule has 0 spiro atoms. The molecular formula is C14H18BrClN2O. The standard InChI is InChI=1S/C14H18BrClN2O/c1-19-9-3-2-8-18-13-5-4-11(15)10-12(13)17-14(18)6-7-16/h4-5,10H,2-3,6-9H2,1H3. The molecule has 0 unspecified atom stereocenters. The summed E-state index contributed by atoms with van der Waals surface area (Å²) in [6.07, 6.45) is 2.95. The van der Waals surface area contributed by atoms with Gasteiger partial charge in [-0.3, -0.25) is 0 Å². The predicted molar refractivity (Wildman–Crippen MR) is 83.0 cm³/mol. The van der Waals surface area contributed by atoms with Gasteiger partial charge in [-0.2, -0.15) is 0 Å². The molecule has 0 aliphatic heterocycles. The molecule has 2 rings (SSSR count). The molecule has 5 heteroatoms.